The Morgan fingerprint density at radius 2 is 1.81 bits per heavy atom. The quantitative estimate of drug-likeness (QED) is 0.518. The number of hydrogen-bond acceptors (Lipinski definition) is 4. The second kappa shape index (κ2) is 12.3. The fourth-order valence-corrected chi connectivity index (χ4v) is 2.59. The first-order chi connectivity index (χ1) is 12.4. The van der Waals surface area contributed by atoms with Crippen molar-refractivity contribution < 1.29 is 24.2 Å². The van der Waals surface area contributed by atoms with Crippen LogP contribution in [-0.2, 0) is 14.3 Å². The van der Waals surface area contributed by atoms with Gasteiger partial charge in [-0.25, -0.2) is 4.79 Å². The Bertz CT molecular complexity index is 588. The molecular formula is C19H26ClNO5. The number of benzene rings is 1. The van der Waals surface area contributed by atoms with E-state index >= 15 is 0 Å². The second-order valence-electron chi connectivity index (χ2n) is 6.06. The number of amides is 1. The average molecular weight is 384 g/mol. The predicted octanol–water partition coefficient (Wildman–Crippen LogP) is 4.51. The minimum absolute atomic E-state index is 0.0763. The van der Waals surface area contributed by atoms with E-state index in [9.17, 15) is 14.4 Å². The first-order valence-corrected chi connectivity index (χ1v) is 9.22. The molecular weight excluding hydrogens is 358 g/mol. The van der Waals surface area contributed by atoms with Crippen LogP contribution in [0.4, 0.5) is 4.79 Å². The standard InChI is InChI=1S/C19H26ClNO5/c1-2-5-16(22)6-3-4-13-26-19(25)21-17(11-12-18(23)24)14-7-9-15(20)10-8-14/h7-10,17H,2-6,11-13H2,1H3,(H,21,25)(H,23,24). The molecule has 1 atom stereocenters. The van der Waals surface area contributed by atoms with Crippen LogP contribution in [0.1, 0.15) is 63.5 Å². The maximum absolute atomic E-state index is 12.0. The number of unbranched alkanes of at least 4 members (excludes halogenated alkanes) is 1. The molecule has 1 rings (SSSR count). The predicted molar refractivity (Wildman–Crippen MR) is 99.3 cm³/mol. The molecule has 26 heavy (non-hydrogen) atoms. The summed E-state index contributed by atoms with van der Waals surface area (Å²) in [6.45, 7) is 2.18. The summed E-state index contributed by atoms with van der Waals surface area (Å²) < 4.78 is 5.13. The molecule has 2 N–H and O–H groups in total. The molecule has 144 valence electrons. The first-order valence-electron chi connectivity index (χ1n) is 8.84. The van der Waals surface area contributed by atoms with E-state index in [0.717, 1.165) is 12.0 Å². The molecule has 1 unspecified atom stereocenters. The molecule has 0 spiro atoms. The van der Waals surface area contributed by atoms with Crippen molar-refractivity contribution in [1.29, 1.82) is 0 Å². The summed E-state index contributed by atoms with van der Waals surface area (Å²) in [6.07, 6.45) is 2.81. The Kier molecular flexibility index (Phi) is 10.4. The zero-order chi connectivity index (χ0) is 19.4. The molecule has 0 bridgehead atoms. The van der Waals surface area contributed by atoms with Crippen LogP contribution >= 0.6 is 11.6 Å². The van der Waals surface area contributed by atoms with E-state index in [-0.39, 0.29) is 25.2 Å². The molecule has 0 heterocycles. The van der Waals surface area contributed by atoms with Crippen LogP contribution in [0.25, 0.3) is 0 Å². The minimum Gasteiger partial charge on any atom is -0.481 e. The van der Waals surface area contributed by atoms with Gasteiger partial charge in [-0.05, 0) is 43.4 Å². The van der Waals surface area contributed by atoms with Crippen molar-refractivity contribution in [3.05, 3.63) is 34.9 Å². The number of rotatable bonds is 12. The number of alkyl carbamates (subject to hydrolysis) is 1. The molecule has 7 heteroatoms. The summed E-state index contributed by atoms with van der Waals surface area (Å²) in [5.74, 6) is -0.704. The summed E-state index contributed by atoms with van der Waals surface area (Å²) in [5.41, 5.74) is 0.762. The number of carbonyl (C=O) groups is 3. The molecule has 1 aromatic carbocycles. The lowest BCUT2D eigenvalue weighted by Crippen LogP contribution is -2.30. The highest BCUT2D eigenvalue weighted by Gasteiger charge is 2.17. The van der Waals surface area contributed by atoms with Crippen molar-refractivity contribution in [2.75, 3.05) is 6.61 Å². The molecule has 1 amide bonds. The fourth-order valence-electron chi connectivity index (χ4n) is 2.46. The Balaban J connectivity index is 2.43. The monoisotopic (exact) mass is 383 g/mol. The van der Waals surface area contributed by atoms with Gasteiger partial charge in [-0.1, -0.05) is 30.7 Å². The number of hydrogen-bond donors (Lipinski definition) is 2. The van der Waals surface area contributed by atoms with Gasteiger partial charge in [0.15, 0.2) is 0 Å². The zero-order valence-electron chi connectivity index (χ0n) is 15.0. The van der Waals surface area contributed by atoms with Crippen LogP contribution in [0.2, 0.25) is 5.02 Å². The molecule has 0 aromatic heterocycles. The van der Waals surface area contributed by atoms with Crippen LogP contribution in [0.15, 0.2) is 24.3 Å². The Morgan fingerprint density at radius 3 is 2.42 bits per heavy atom. The van der Waals surface area contributed by atoms with Crippen molar-refractivity contribution >= 4 is 29.4 Å². The van der Waals surface area contributed by atoms with E-state index < -0.39 is 18.1 Å². The number of aliphatic carboxylic acids is 1. The minimum atomic E-state index is -0.934. The third-order valence-electron chi connectivity index (χ3n) is 3.82. The number of ether oxygens (including phenoxy) is 1. The lowest BCUT2D eigenvalue weighted by atomic mass is 10.0. The summed E-state index contributed by atoms with van der Waals surface area (Å²) in [6, 6.07) is 6.39. The Hall–Kier alpha value is -2.08. The van der Waals surface area contributed by atoms with E-state index in [4.69, 9.17) is 21.4 Å². The SMILES string of the molecule is CCCC(=O)CCCCOC(=O)NC(CCC(=O)O)c1ccc(Cl)cc1. The van der Waals surface area contributed by atoms with Crippen molar-refractivity contribution in [1.82, 2.24) is 5.32 Å². The molecule has 0 aliphatic heterocycles. The Morgan fingerprint density at radius 1 is 1.12 bits per heavy atom. The van der Waals surface area contributed by atoms with Gasteiger partial charge in [-0.3, -0.25) is 9.59 Å². The van der Waals surface area contributed by atoms with E-state index in [1.165, 1.54) is 0 Å². The van der Waals surface area contributed by atoms with Gasteiger partial charge in [0.25, 0.3) is 0 Å². The van der Waals surface area contributed by atoms with Crippen LogP contribution < -0.4 is 5.32 Å². The molecule has 0 radical (unpaired) electrons. The highest BCUT2D eigenvalue weighted by molar-refractivity contribution is 6.30. The summed E-state index contributed by atoms with van der Waals surface area (Å²) >= 11 is 5.86. The van der Waals surface area contributed by atoms with E-state index in [0.29, 0.717) is 30.7 Å². The smallest absolute Gasteiger partial charge is 0.407 e. The van der Waals surface area contributed by atoms with Crippen LogP contribution in [0, 0.1) is 0 Å². The molecule has 0 fully saturated rings. The second-order valence-corrected chi connectivity index (χ2v) is 6.50. The van der Waals surface area contributed by atoms with Gasteiger partial charge in [0.1, 0.15) is 5.78 Å². The summed E-state index contributed by atoms with van der Waals surface area (Å²) in [7, 11) is 0. The molecule has 6 nitrogen and oxygen atoms in total. The van der Waals surface area contributed by atoms with Gasteiger partial charge in [0, 0.05) is 24.3 Å². The van der Waals surface area contributed by atoms with Gasteiger partial charge in [-0.15, -0.1) is 0 Å². The van der Waals surface area contributed by atoms with Gasteiger partial charge in [-0.2, -0.15) is 0 Å². The van der Waals surface area contributed by atoms with Crippen molar-refractivity contribution in [3.8, 4) is 0 Å². The lowest BCUT2D eigenvalue weighted by Gasteiger charge is -2.18. The number of nitrogens with one attached hydrogen (secondary N) is 1. The average Bonchev–Trinajstić information content (AvgIpc) is 2.59. The maximum Gasteiger partial charge on any atom is 0.407 e. The molecule has 0 saturated heterocycles. The zero-order valence-corrected chi connectivity index (χ0v) is 15.8. The van der Waals surface area contributed by atoms with Crippen LogP contribution in [0.3, 0.4) is 0 Å². The van der Waals surface area contributed by atoms with E-state index in [1.54, 1.807) is 24.3 Å². The highest BCUT2D eigenvalue weighted by atomic mass is 35.5. The summed E-state index contributed by atoms with van der Waals surface area (Å²) in [4.78, 5) is 34.2. The number of ketones is 1. The van der Waals surface area contributed by atoms with Crippen molar-refractivity contribution in [3.63, 3.8) is 0 Å². The van der Waals surface area contributed by atoms with Gasteiger partial charge < -0.3 is 15.2 Å². The number of Topliss-reactive ketones (excluding diaryl/α,β-unsaturated/α-hetero) is 1. The maximum atomic E-state index is 12.0. The molecule has 0 aliphatic rings. The van der Waals surface area contributed by atoms with E-state index in [2.05, 4.69) is 5.32 Å². The third-order valence-corrected chi connectivity index (χ3v) is 4.08. The molecule has 0 aliphatic carbocycles. The van der Waals surface area contributed by atoms with E-state index in [1.807, 2.05) is 6.92 Å². The Labute approximate surface area is 158 Å². The number of carboxylic acids is 1. The third kappa shape index (κ3) is 9.42. The largest absolute Gasteiger partial charge is 0.481 e. The molecule has 1 aromatic rings. The highest BCUT2D eigenvalue weighted by Crippen LogP contribution is 2.21. The summed E-state index contributed by atoms with van der Waals surface area (Å²) in [5, 5.41) is 12.1. The van der Waals surface area contributed by atoms with Crippen LogP contribution in [0.5, 0.6) is 0 Å². The first kappa shape index (κ1) is 22.0. The normalized spacial score (nSPS) is 11.6. The van der Waals surface area contributed by atoms with Gasteiger partial charge in [0.05, 0.1) is 12.6 Å². The number of halogens is 1. The van der Waals surface area contributed by atoms with Crippen molar-refractivity contribution in [2.24, 2.45) is 0 Å². The number of carbonyl (C=O) groups excluding carboxylic acids is 2. The lowest BCUT2D eigenvalue weighted by molar-refractivity contribution is -0.137. The van der Waals surface area contributed by atoms with Crippen molar-refractivity contribution in [2.45, 2.75) is 57.9 Å². The van der Waals surface area contributed by atoms with Gasteiger partial charge in [0.2, 0.25) is 0 Å². The molecule has 0 saturated carbocycles. The number of carboxylic acid groups (broad SMARTS) is 1. The van der Waals surface area contributed by atoms with Crippen LogP contribution in [-0.4, -0.2) is 29.6 Å². The topological polar surface area (TPSA) is 92.7 Å². The van der Waals surface area contributed by atoms with Gasteiger partial charge >= 0.3 is 12.1 Å². The fraction of sp³-hybridized carbons (Fsp3) is 0.526.